The largest absolute Gasteiger partial charge is 0.491 e. The van der Waals surface area contributed by atoms with Crippen LogP contribution in [0.25, 0.3) is 0 Å². The Balaban J connectivity index is 2.14. The quantitative estimate of drug-likeness (QED) is 0.880. The van der Waals surface area contributed by atoms with E-state index in [0.717, 1.165) is 32.1 Å². The fraction of sp³-hybridized carbons (Fsp3) is 0.571. The normalized spacial score (nSPS) is 18.4. The topological polar surface area (TPSA) is 69.4 Å². The molecule has 1 aromatic carbocycles. The molecule has 0 atom stereocenters. The van der Waals surface area contributed by atoms with Crippen molar-refractivity contribution in [2.45, 2.75) is 32.1 Å². The van der Waals surface area contributed by atoms with Crippen LogP contribution in [0.15, 0.2) is 18.2 Å². The van der Waals surface area contributed by atoms with Crippen molar-refractivity contribution in [1.82, 2.24) is 0 Å². The summed E-state index contributed by atoms with van der Waals surface area (Å²) in [5.74, 6) is 0.418. The van der Waals surface area contributed by atoms with E-state index in [1.54, 1.807) is 18.2 Å². The number of hydrogen-bond donors (Lipinski definition) is 1. The summed E-state index contributed by atoms with van der Waals surface area (Å²) in [5.41, 5.74) is -0.433. The van der Waals surface area contributed by atoms with Gasteiger partial charge in [-0.3, -0.25) is 0 Å². The fourth-order valence-corrected chi connectivity index (χ4v) is 4.46. The van der Waals surface area contributed by atoms with Gasteiger partial charge in [0, 0.05) is 5.41 Å². The van der Waals surface area contributed by atoms with Crippen molar-refractivity contribution in [3.63, 3.8) is 0 Å². The molecular weight excluding hydrogens is 333 g/mol. The molecule has 0 unspecified atom stereocenters. The number of primary sulfonamides is 1. The molecule has 21 heavy (non-hydrogen) atoms. The van der Waals surface area contributed by atoms with Crippen LogP contribution in [0.1, 0.15) is 32.1 Å². The monoisotopic (exact) mass is 351 g/mol. The van der Waals surface area contributed by atoms with Gasteiger partial charge >= 0.3 is 0 Å². The molecule has 118 valence electrons. The van der Waals surface area contributed by atoms with Crippen LogP contribution in [-0.2, 0) is 10.0 Å². The Hall–Kier alpha value is -0.490. The predicted octanol–water partition coefficient (Wildman–Crippen LogP) is 3.61. The van der Waals surface area contributed by atoms with Crippen LogP contribution in [0.4, 0.5) is 0 Å². The van der Waals surface area contributed by atoms with Gasteiger partial charge in [-0.25, -0.2) is 13.6 Å². The average molecular weight is 352 g/mol. The molecule has 0 bridgehead atoms. The molecule has 0 aliphatic heterocycles. The van der Waals surface area contributed by atoms with E-state index in [0.29, 0.717) is 15.8 Å². The summed E-state index contributed by atoms with van der Waals surface area (Å²) in [4.78, 5) is 0. The Morgan fingerprint density at radius 3 is 2.48 bits per heavy atom. The van der Waals surface area contributed by atoms with Gasteiger partial charge in [0.05, 0.1) is 17.4 Å². The highest BCUT2D eigenvalue weighted by atomic mass is 35.5. The molecule has 2 rings (SSSR count). The van der Waals surface area contributed by atoms with Crippen molar-refractivity contribution in [2.24, 2.45) is 10.6 Å². The maximum atomic E-state index is 11.5. The summed E-state index contributed by atoms with van der Waals surface area (Å²) in [5, 5.41) is 6.01. The van der Waals surface area contributed by atoms with Gasteiger partial charge in [-0.05, 0) is 25.0 Å². The zero-order valence-electron chi connectivity index (χ0n) is 11.6. The zero-order valence-corrected chi connectivity index (χ0v) is 14.0. The first-order valence-electron chi connectivity index (χ1n) is 6.89. The number of ether oxygens (including phenoxy) is 1. The molecule has 1 aliphatic carbocycles. The molecule has 0 aromatic heterocycles. The summed E-state index contributed by atoms with van der Waals surface area (Å²) < 4.78 is 28.8. The molecular formula is C14H19Cl2NO3S. The maximum absolute atomic E-state index is 11.5. The van der Waals surface area contributed by atoms with Crippen LogP contribution in [0.2, 0.25) is 10.0 Å². The first kappa shape index (κ1) is 16.9. The van der Waals surface area contributed by atoms with Crippen LogP contribution in [0, 0.1) is 5.41 Å². The number of hydrogen-bond acceptors (Lipinski definition) is 3. The molecule has 4 nitrogen and oxygen atoms in total. The third-order valence-electron chi connectivity index (χ3n) is 3.87. The second kappa shape index (κ2) is 6.73. The summed E-state index contributed by atoms with van der Waals surface area (Å²) in [6, 6.07) is 5.15. The van der Waals surface area contributed by atoms with Crippen molar-refractivity contribution >= 4 is 33.2 Å². The third kappa shape index (κ3) is 4.74. The van der Waals surface area contributed by atoms with Crippen LogP contribution >= 0.6 is 23.2 Å². The van der Waals surface area contributed by atoms with Gasteiger partial charge in [0.15, 0.2) is 0 Å². The summed E-state index contributed by atoms with van der Waals surface area (Å²) in [6.45, 7) is 0.281. The van der Waals surface area contributed by atoms with Gasteiger partial charge in [-0.2, -0.15) is 0 Å². The van der Waals surface area contributed by atoms with E-state index in [-0.39, 0.29) is 12.4 Å². The second-order valence-corrected chi connectivity index (χ2v) is 8.11. The Bertz CT molecular complexity index is 598. The maximum Gasteiger partial charge on any atom is 0.209 e. The summed E-state index contributed by atoms with van der Waals surface area (Å²) in [6.07, 6.45) is 4.68. The van der Waals surface area contributed by atoms with Crippen molar-refractivity contribution in [3.05, 3.63) is 28.2 Å². The molecule has 2 N–H and O–H groups in total. The Kier molecular flexibility index (Phi) is 5.41. The molecule has 1 aliphatic rings. The van der Waals surface area contributed by atoms with Gasteiger partial charge in [-0.1, -0.05) is 48.5 Å². The van der Waals surface area contributed by atoms with Gasteiger partial charge in [0.2, 0.25) is 10.0 Å². The first-order valence-corrected chi connectivity index (χ1v) is 9.36. The minimum Gasteiger partial charge on any atom is -0.491 e. The van der Waals surface area contributed by atoms with Crippen molar-refractivity contribution in [3.8, 4) is 5.75 Å². The van der Waals surface area contributed by atoms with E-state index in [1.165, 1.54) is 0 Å². The molecule has 0 saturated heterocycles. The molecule has 0 spiro atoms. The standard InChI is InChI=1S/C14H19Cl2NO3S/c15-11-5-4-6-12(13(11)16)20-9-14(10-21(17,18)19)7-2-1-3-8-14/h4-6H,1-3,7-10H2,(H2,17,18,19). The molecule has 0 amide bonds. The van der Waals surface area contributed by atoms with Crippen LogP contribution < -0.4 is 9.88 Å². The molecule has 7 heteroatoms. The van der Waals surface area contributed by atoms with Gasteiger partial charge in [-0.15, -0.1) is 0 Å². The minimum absolute atomic E-state index is 0.0574. The van der Waals surface area contributed by atoms with E-state index < -0.39 is 15.4 Å². The SMILES string of the molecule is NS(=O)(=O)CC1(COc2cccc(Cl)c2Cl)CCCCC1. The van der Waals surface area contributed by atoms with Crippen LogP contribution in [0.3, 0.4) is 0 Å². The van der Waals surface area contributed by atoms with Crippen molar-refractivity contribution in [2.75, 3.05) is 12.4 Å². The predicted molar refractivity (Wildman–Crippen MR) is 85.4 cm³/mol. The lowest BCUT2D eigenvalue weighted by Crippen LogP contribution is -2.40. The van der Waals surface area contributed by atoms with E-state index in [4.69, 9.17) is 33.1 Å². The van der Waals surface area contributed by atoms with Gasteiger partial charge in [0.25, 0.3) is 0 Å². The lowest BCUT2D eigenvalue weighted by molar-refractivity contribution is 0.119. The van der Waals surface area contributed by atoms with Gasteiger partial charge in [0.1, 0.15) is 10.8 Å². The molecule has 1 saturated carbocycles. The number of nitrogens with two attached hydrogens (primary N) is 1. The lowest BCUT2D eigenvalue weighted by atomic mass is 9.76. The van der Waals surface area contributed by atoms with Gasteiger partial charge < -0.3 is 4.74 Å². The molecule has 1 fully saturated rings. The van der Waals surface area contributed by atoms with Crippen molar-refractivity contribution < 1.29 is 13.2 Å². The number of sulfonamides is 1. The highest BCUT2D eigenvalue weighted by Gasteiger charge is 2.36. The summed E-state index contributed by atoms with van der Waals surface area (Å²) >= 11 is 12.0. The highest BCUT2D eigenvalue weighted by molar-refractivity contribution is 7.89. The van der Waals surface area contributed by atoms with E-state index in [9.17, 15) is 8.42 Å². The summed E-state index contributed by atoms with van der Waals surface area (Å²) in [7, 11) is -3.54. The number of benzene rings is 1. The average Bonchev–Trinajstić information content (AvgIpc) is 2.40. The Labute approximate surface area is 135 Å². The molecule has 0 radical (unpaired) electrons. The molecule has 0 heterocycles. The minimum atomic E-state index is -3.54. The Morgan fingerprint density at radius 2 is 1.86 bits per heavy atom. The first-order chi connectivity index (χ1) is 9.81. The second-order valence-electron chi connectivity index (χ2n) is 5.71. The lowest BCUT2D eigenvalue weighted by Gasteiger charge is -2.36. The van der Waals surface area contributed by atoms with E-state index >= 15 is 0 Å². The molecule has 1 aromatic rings. The van der Waals surface area contributed by atoms with E-state index in [2.05, 4.69) is 0 Å². The van der Waals surface area contributed by atoms with Crippen molar-refractivity contribution in [1.29, 1.82) is 0 Å². The van der Waals surface area contributed by atoms with E-state index in [1.807, 2.05) is 0 Å². The highest BCUT2D eigenvalue weighted by Crippen LogP contribution is 2.39. The fourth-order valence-electron chi connectivity index (χ4n) is 2.89. The van der Waals surface area contributed by atoms with Crippen LogP contribution in [-0.4, -0.2) is 20.8 Å². The third-order valence-corrected chi connectivity index (χ3v) is 5.69. The zero-order chi connectivity index (χ0) is 15.5. The Morgan fingerprint density at radius 1 is 1.19 bits per heavy atom. The smallest absolute Gasteiger partial charge is 0.209 e. The number of rotatable bonds is 5. The number of halogens is 2. The van der Waals surface area contributed by atoms with Crippen LogP contribution in [0.5, 0.6) is 5.75 Å².